The number of ether oxygens (including phenoxy) is 2. The zero-order valence-corrected chi connectivity index (χ0v) is 26.9. The van der Waals surface area contributed by atoms with Gasteiger partial charge < -0.3 is 18.3 Å². The molecule has 0 heterocycles. The molecular weight excluding hydrogens is 524 g/mol. The van der Waals surface area contributed by atoms with Crippen molar-refractivity contribution in [3.8, 4) is 11.5 Å². The summed E-state index contributed by atoms with van der Waals surface area (Å²) in [6.07, 6.45) is 5.47. The van der Waals surface area contributed by atoms with Gasteiger partial charge >= 0.3 is 0 Å². The molecule has 0 amide bonds. The highest BCUT2D eigenvalue weighted by Crippen LogP contribution is 2.43. The van der Waals surface area contributed by atoms with E-state index in [1.165, 1.54) is 5.57 Å². The average Bonchev–Trinajstić information content (AvgIpc) is 2.72. The Balaban J connectivity index is 2.24. The Morgan fingerprint density at radius 2 is 1.47 bits per heavy atom. The highest BCUT2D eigenvalue weighted by molar-refractivity contribution is 9.10. The summed E-state index contributed by atoms with van der Waals surface area (Å²) in [6, 6.07) is 4.06. The van der Waals surface area contributed by atoms with E-state index in [2.05, 4.69) is 95.8 Å². The van der Waals surface area contributed by atoms with Crippen LogP contribution in [0.4, 0.5) is 0 Å². The molecule has 0 N–H and O–H groups in total. The van der Waals surface area contributed by atoms with Crippen molar-refractivity contribution in [3.05, 3.63) is 33.8 Å². The quantitative estimate of drug-likeness (QED) is 0.219. The van der Waals surface area contributed by atoms with E-state index in [0.29, 0.717) is 13.2 Å². The Morgan fingerprint density at radius 3 is 2.00 bits per heavy atom. The number of allylic oxidation sites excluding steroid dienone is 1. The van der Waals surface area contributed by atoms with Crippen molar-refractivity contribution in [2.75, 3.05) is 13.7 Å². The normalized spacial score (nSPS) is 18.0. The van der Waals surface area contributed by atoms with Gasteiger partial charge in [0.05, 0.1) is 24.8 Å². The van der Waals surface area contributed by atoms with Gasteiger partial charge in [-0.15, -0.1) is 0 Å². The maximum Gasteiger partial charge on any atom is 0.192 e. The fourth-order valence-corrected chi connectivity index (χ4v) is 5.70. The lowest BCUT2D eigenvalue weighted by molar-refractivity contribution is 0.184. The number of halogens is 1. The number of hydrogen-bond acceptors (Lipinski definition) is 4. The van der Waals surface area contributed by atoms with Gasteiger partial charge in [-0.1, -0.05) is 53.7 Å². The van der Waals surface area contributed by atoms with Crippen molar-refractivity contribution in [3.63, 3.8) is 0 Å². The number of hydrogen-bond donors (Lipinski definition) is 0. The van der Waals surface area contributed by atoms with Crippen LogP contribution >= 0.6 is 15.9 Å². The molecule has 0 bridgehead atoms. The summed E-state index contributed by atoms with van der Waals surface area (Å²) in [6.45, 7) is 24.0. The average molecular weight is 572 g/mol. The van der Waals surface area contributed by atoms with Gasteiger partial charge in [0.25, 0.3) is 0 Å². The van der Waals surface area contributed by atoms with Crippen LogP contribution < -0.4 is 9.47 Å². The Hall–Kier alpha value is -0.606. The molecule has 1 aliphatic rings. The summed E-state index contributed by atoms with van der Waals surface area (Å²) in [5.41, 5.74) is 2.33. The summed E-state index contributed by atoms with van der Waals surface area (Å²) in [5, 5.41) is 0.348. The first-order chi connectivity index (χ1) is 15.5. The van der Waals surface area contributed by atoms with E-state index in [1.54, 1.807) is 7.11 Å². The Kier molecular flexibility index (Phi) is 9.76. The Labute approximate surface area is 219 Å². The second-order valence-electron chi connectivity index (χ2n) is 12.5. The van der Waals surface area contributed by atoms with Gasteiger partial charge in [-0.2, -0.15) is 0 Å². The molecule has 34 heavy (non-hydrogen) atoms. The summed E-state index contributed by atoms with van der Waals surface area (Å²) in [5.74, 6) is 1.49. The summed E-state index contributed by atoms with van der Waals surface area (Å²) < 4.78 is 26.3. The van der Waals surface area contributed by atoms with E-state index in [4.69, 9.17) is 18.3 Å². The van der Waals surface area contributed by atoms with Crippen LogP contribution in [0.2, 0.25) is 36.3 Å². The summed E-state index contributed by atoms with van der Waals surface area (Å²) >= 11 is 3.82. The lowest BCUT2D eigenvalue weighted by atomic mass is 9.97. The van der Waals surface area contributed by atoms with Crippen molar-refractivity contribution in [1.29, 1.82) is 0 Å². The van der Waals surface area contributed by atoms with Crippen LogP contribution in [0.15, 0.2) is 28.3 Å². The molecule has 2 rings (SSSR count). The van der Waals surface area contributed by atoms with E-state index in [-0.39, 0.29) is 16.2 Å². The summed E-state index contributed by atoms with van der Waals surface area (Å²) in [7, 11) is -2.00. The van der Waals surface area contributed by atoms with Gasteiger partial charge in [0.2, 0.25) is 0 Å². The van der Waals surface area contributed by atoms with E-state index in [9.17, 15) is 0 Å². The first kappa shape index (κ1) is 29.6. The molecule has 4 nitrogen and oxygen atoms in total. The van der Waals surface area contributed by atoms with Crippen LogP contribution in [0.5, 0.6) is 11.5 Å². The zero-order valence-electron chi connectivity index (χ0n) is 23.4. The Morgan fingerprint density at radius 1 is 0.912 bits per heavy atom. The maximum atomic E-state index is 6.66. The minimum absolute atomic E-state index is 0.0136. The van der Waals surface area contributed by atoms with E-state index < -0.39 is 16.6 Å². The molecule has 0 saturated carbocycles. The fraction of sp³-hybridized carbons (Fsp3) is 0.704. The number of rotatable bonds is 9. The minimum Gasteiger partial charge on any atom is -0.493 e. The third-order valence-corrected chi connectivity index (χ3v) is 17.7. The van der Waals surface area contributed by atoms with Gasteiger partial charge in [0.1, 0.15) is 6.10 Å². The molecule has 1 aromatic carbocycles. The van der Waals surface area contributed by atoms with Crippen LogP contribution in [0.3, 0.4) is 0 Å². The summed E-state index contributed by atoms with van der Waals surface area (Å²) in [4.78, 5) is 0. The molecule has 7 heteroatoms. The van der Waals surface area contributed by atoms with Gasteiger partial charge in [0, 0.05) is 0 Å². The van der Waals surface area contributed by atoms with Crippen molar-refractivity contribution < 1.29 is 18.3 Å². The predicted molar refractivity (Wildman–Crippen MR) is 152 cm³/mol. The first-order valence-electron chi connectivity index (χ1n) is 12.5. The van der Waals surface area contributed by atoms with Crippen LogP contribution in [-0.2, 0) is 15.5 Å². The molecule has 1 aromatic rings. The van der Waals surface area contributed by atoms with Crippen LogP contribution in [0.1, 0.15) is 66.4 Å². The molecule has 0 fully saturated rings. The topological polar surface area (TPSA) is 36.9 Å². The highest BCUT2D eigenvalue weighted by Gasteiger charge is 2.38. The molecule has 0 radical (unpaired) electrons. The van der Waals surface area contributed by atoms with Gasteiger partial charge in [0.15, 0.2) is 28.1 Å². The SMILES string of the molecule is COc1ccc(CO[Si](C)(C)C(C)(C)C)c(Br)c1O[C@H]1CCCC=C1CO[Si](C)(C)C(C)(C)C. The second kappa shape index (κ2) is 11.2. The van der Waals surface area contributed by atoms with Gasteiger partial charge in [-0.25, -0.2) is 0 Å². The zero-order chi connectivity index (χ0) is 25.9. The number of methoxy groups -OCH3 is 1. The largest absolute Gasteiger partial charge is 0.493 e. The molecule has 0 aliphatic heterocycles. The van der Waals surface area contributed by atoms with Crippen molar-refractivity contribution in [1.82, 2.24) is 0 Å². The van der Waals surface area contributed by atoms with Crippen molar-refractivity contribution >= 4 is 32.6 Å². The lowest BCUT2D eigenvalue weighted by Crippen LogP contribution is -2.42. The molecule has 194 valence electrons. The van der Waals surface area contributed by atoms with Gasteiger partial charge in [-0.3, -0.25) is 0 Å². The molecular formula is C27H47BrO4Si2. The predicted octanol–water partition coefficient (Wildman–Crippen LogP) is 8.86. The molecule has 1 atom stereocenters. The molecule has 1 aliphatic carbocycles. The molecule has 0 aromatic heterocycles. The first-order valence-corrected chi connectivity index (χ1v) is 19.1. The molecule has 0 saturated heterocycles. The van der Waals surface area contributed by atoms with Crippen LogP contribution in [0.25, 0.3) is 0 Å². The maximum absolute atomic E-state index is 6.66. The van der Waals surface area contributed by atoms with Crippen LogP contribution in [-0.4, -0.2) is 36.5 Å². The molecule has 0 unspecified atom stereocenters. The fourth-order valence-electron chi connectivity index (χ4n) is 3.25. The number of benzene rings is 1. The Bertz CT molecular complexity index is 867. The van der Waals surface area contributed by atoms with Crippen LogP contribution in [0, 0.1) is 0 Å². The highest BCUT2D eigenvalue weighted by atomic mass is 79.9. The minimum atomic E-state index is -1.86. The van der Waals surface area contributed by atoms with Gasteiger partial charge in [-0.05, 0) is 88.7 Å². The monoisotopic (exact) mass is 570 g/mol. The van der Waals surface area contributed by atoms with Crippen molar-refractivity contribution in [2.24, 2.45) is 0 Å². The van der Waals surface area contributed by atoms with Crippen molar-refractivity contribution in [2.45, 2.75) is 110 Å². The van der Waals surface area contributed by atoms with E-state index >= 15 is 0 Å². The third-order valence-electron chi connectivity index (χ3n) is 7.91. The third kappa shape index (κ3) is 7.22. The standard InChI is InChI=1S/C27H47BrO4Si2/c1-26(2,3)33(8,9)30-18-20-14-12-13-15-22(20)32-25-23(29-7)17-16-21(24(25)28)19-31-34(10,11)27(4,5)6/h14,16-17,22H,12-13,15,18-19H2,1-11H3/t22-/m0/s1. The smallest absolute Gasteiger partial charge is 0.192 e. The molecule has 0 spiro atoms. The lowest BCUT2D eigenvalue weighted by Gasteiger charge is -2.37. The van der Waals surface area contributed by atoms with E-state index in [1.807, 2.05) is 6.07 Å². The van der Waals surface area contributed by atoms with E-state index in [0.717, 1.165) is 40.8 Å². The second-order valence-corrected chi connectivity index (χ2v) is 22.9.